The highest BCUT2D eigenvalue weighted by Gasteiger charge is 2.31. The minimum absolute atomic E-state index is 0.0274. The van der Waals surface area contributed by atoms with E-state index in [4.69, 9.17) is 4.74 Å². The Kier molecular flexibility index (Phi) is 5.43. The number of methoxy groups -OCH3 is 1. The van der Waals surface area contributed by atoms with E-state index in [0.717, 1.165) is 11.9 Å². The standard InChI is InChI=1S/C18H22FN3O3S/c1-21(18-5-3-4-10-20-18)14-8-11-22(12-9-14)26(23,24)15-6-7-17(25-2)16(19)13-15/h3-7,10,13-14H,8-9,11-12H2,1-2H3. The van der Waals surface area contributed by atoms with Crippen LogP contribution in [0, 0.1) is 5.82 Å². The summed E-state index contributed by atoms with van der Waals surface area (Å²) in [6.07, 6.45) is 3.11. The molecule has 0 N–H and O–H groups in total. The van der Waals surface area contributed by atoms with Gasteiger partial charge in [-0.25, -0.2) is 17.8 Å². The molecule has 0 amide bonds. The van der Waals surface area contributed by atoms with Gasteiger partial charge in [0.2, 0.25) is 10.0 Å². The van der Waals surface area contributed by atoms with Crippen LogP contribution in [0.2, 0.25) is 0 Å². The summed E-state index contributed by atoms with van der Waals surface area (Å²) in [5.41, 5.74) is 0. The first kappa shape index (κ1) is 18.6. The Morgan fingerprint density at radius 1 is 1.23 bits per heavy atom. The Morgan fingerprint density at radius 2 is 1.96 bits per heavy atom. The third-order valence-corrected chi connectivity index (χ3v) is 6.64. The van der Waals surface area contributed by atoms with Crippen LogP contribution in [0.3, 0.4) is 0 Å². The van der Waals surface area contributed by atoms with Gasteiger partial charge in [-0.2, -0.15) is 4.31 Å². The molecule has 26 heavy (non-hydrogen) atoms. The molecule has 0 saturated carbocycles. The van der Waals surface area contributed by atoms with Gasteiger partial charge in [-0.15, -0.1) is 0 Å². The van der Waals surface area contributed by atoms with Crippen molar-refractivity contribution in [1.82, 2.24) is 9.29 Å². The van der Waals surface area contributed by atoms with Crippen molar-refractivity contribution in [3.05, 3.63) is 48.4 Å². The second-order valence-corrected chi connectivity index (χ2v) is 8.17. The number of sulfonamides is 1. The average molecular weight is 379 g/mol. The van der Waals surface area contributed by atoms with E-state index in [1.165, 1.54) is 23.5 Å². The van der Waals surface area contributed by atoms with E-state index >= 15 is 0 Å². The van der Waals surface area contributed by atoms with Crippen molar-refractivity contribution in [3.8, 4) is 5.75 Å². The zero-order chi connectivity index (χ0) is 18.7. The monoisotopic (exact) mass is 379 g/mol. The van der Waals surface area contributed by atoms with Crippen LogP contribution < -0.4 is 9.64 Å². The molecule has 0 spiro atoms. The fraction of sp³-hybridized carbons (Fsp3) is 0.389. The maximum Gasteiger partial charge on any atom is 0.243 e. The Hall–Kier alpha value is -2.19. The Balaban J connectivity index is 1.70. The first-order valence-corrected chi connectivity index (χ1v) is 9.85. The molecule has 0 bridgehead atoms. The van der Waals surface area contributed by atoms with Crippen LogP contribution in [0.25, 0.3) is 0 Å². The van der Waals surface area contributed by atoms with Crippen LogP contribution in [-0.4, -0.2) is 51.0 Å². The van der Waals surface area contributed by atoms with Gasteiger partial charge in [0.05, 0.1) is 12.0 Å². The molecule has 1 aromatic carbocycles. The molecule has 140 valence electrons. The summed E-state index contributed by atoms with van der Waals surface area (Å²) in [6.45, 7) is 0.773. The molecule has 0 unspecified atom stereocenters. The lowest BCUT2D eigenvalue weighted by atomic mass is 10.1. The molecule has 1 saturated heterocycles. The Labute approximate surface area is 153 Å². The zero-order valence-electron chi connectivity index (χ0n) is 14.8. The highest BCUT2D eigenvalue weighted by Crippen LogP contribution is 2.27. The molecule has 8 heteroatoms. The molecule has 0 aliphatic carbocycles. The molecule has 0 radical (unpaired) electrons. The van der Waals surface area contributed by atoms with Crippen molar-refractivity contribution in [2.45, 2.75) is 23.8 Å². The molecule has 1 aliphatic heterocycles. The summed E-state index contributed by atoms with van der Waals surface area (Å²) in [5.74, 6) is 0.212. The van der Waals surface area contributed by atoms with Gasteiger partial charge < -0.3 is 9.64 Å². The lowest BCUT2D eigenvalue weighted by molar-refractivity contribution is 0.314. The maximum absolute atomic E-state index is 13.9. The van der Waals surface area contributed by atoms with Gasteiger partial charge in [0.25, 0.3) is 0 Å². The average Bonchev–Trinajstić information content (AvgIpc) is 2.68. The summed E-state index contributed by atoms with van der Waals surface area (Å²) in [7, 11) is -0.409. The first-order valence-electron chi connectivity index (χ1n) is 8.41. The number of ether oxygens (including phenoxy) is 1. The lowest BCUT2D eigenvalue weighted by Crippen LogP contribution is -2.45. The topological polar surface area (TPSA) is 62.7 Å². The number of anilines is 1. The van der Waals surface area contributed by atoms with Crippen molar-refractivity contribution >= 4 is 15.8 Å². The first-order chi connectivity index (χ1) is 12.4. The van der Waals surface area contributed by atoms with Crippen molar-refractivity contribution in [2.24, 2.45) is 0 Å². The highest BCUT2D eigenvalue weighted by molar-refractivity contribution is 7.89. The predicted molar refractivity (Wildman–Crippen MR) is 97.4 cm³/mol. The largest absolute Gasteiger partial charge is 0.494 e. The number of rotatable bonds is 5. The minimum Gasteiger partial charge on any atom is -0.494 e. The van der Waals surface area contributed by atoms with E-state index in [1.807, 2.05) is 25.2 Å². The smallest absolute Gasteiger partial charge is 0.243 e. The van der Waals surface area contributed by atoms with E-state index in [9.17, 15) is 12.8 Å². The van der Waals surface area contributed by atoms with Gasteiger partial charge in [-0.3, -0.25) is 0 Å². The van der Waals surface area contributed by atoms with Crippen LogP contribution in [0.1, 0.15) is 12.8 Å². The summed E-state index contributed by atoms with van der Waals surface area (Å²) in [4.78, 5) is 6.37. The van der Waals surface area contributed by atoms with Crippen molar-refractivity contribution < 1.29 is 17.5 Å². The molecule has 6 nitrogen and oxygen atoms in total. The van der Waals surface area contributed by atoms with Gasteiger partial charge in [-0.05, 0) is 43.2 Å². The molecule has 1 aliphatic rings. The number of hydrogen-bond acceptors (Lipinski definition) is 5. The van der Waals surface area contributed by atoms with E-state index < -0.39 is 15.8 Å². The second kappa shape index (κ2) is 7.59. The predicted octanol–water partition coefficient (Wildman–Crippen LogP) is 2.52. The molecule has 1 aromatic heterocycles. The van der Waals surface area contributed by atoms with E-state index in [0.29, 0.717) is 25.9 Å². The fourth-order valence-electron chi connectivity index (χ4n) is 3.18. The van der Waals surface area contributed by atoms with Gasteiger partial charge >= 0.3 is 0 Å². The summed E-state index contributed by atoms with van der Waals surface area (Å²) >= 11 is 0. The zero-order valence-corrected chi connectivity index (χ0v) is 15.6. The van der Waals surface area contributed by atoms with E-state index in [2.05, 4.69) is 9.88 Å². The third kappa shape index (κ3) is 3.66. The van der Waals surface area contributed by atoms with Crippen molar-refractivity contribution in [3.63, 3.8) is 0 Å². The molecular formula is C18H22FN3O3S. The number of nitrogens with zero attached hydrogens (tertiary/aromatic N) is 3. The van der Waals surface area contributed by atoms with Gasteiger partial charge in [-0.1, -0.05) is 6.07 Å². The molecule has 3 rings (SSSR count). The minimum atomic E-state index is -3.72. The summed E-state index contributed by atoms with van der Waals surface area (Å²) < 4.78 is 45.7. The van der Waals surface area contributed by atoms with Gasteiger partial charge in [0.15, 0.2) is 11.6 Å². The number of pyridine rings is 1. The molecule has 1 fully saturated rings. The number of hydrogen-bond donors (Lipinski definition) is 0. The normalized spacial score (nSPS) is 16.4. The van der Waals surface area contributed by atoms with Gasteiger partial charge in [0, 0.05) is 32.4 Å². The SMILES string of the molecule is COc1ccc(S(=O)(=O)N2CCC(N(C)c3ccccn3)CC2)cc1F. The van der Waals surface area contributed by atoms with Crippen LogP contribution in [0.5, 0.6) is 5.75 Å². The molecule has 0 atom stereocenters. The van der Waals surface area contributed by atoms with E-state index in [-0.39, 0.29) is 16.7 Å². The van der Waals surface area contributed by atoms with Crippen LogP contribution in [0.15, 0.2) is 47.5 Å². The number of benzene rings is 1. The van der Waals surface area contributed by atoms with Crippen molar-refractivity contribution in [2.75, 3.05) is 32.1 Å². The molecule has 2 heterocycles. The number of aromatic nitrogens is 1. The summed E-state index contributed by atoms with van der Waals surface area (Å²) in [6, 6.07) is 9.66. The molecular weight excluding hydrogens is 357 g/mol. The van der Waals surface area contributed by atoms with E-state index in [1.54, 1.807) is 6.20 Å². The third-order valence-electron chi connectivity index (χ3n) is 4.74. The van der Waals surface area contributed by atoms with Crippen LogP contribution in [0.4, 0.5) is 10.2 Å². The summed E-state index contributed by atoms with van der Waals surface area (Å²) in [5, 5.41) is 0. The quantitative estimate of drug-likeness (QED) is 0.799. The number of piperidine rings is 1. The Bertz CT molecular complexity index is 853. The van der Waals surface area contributed by atoms with Crippen LogP contribution >= 0.6 is 0 Å². The maximum atomic E-state index is 13.9. The number of halogens is 1. The fourth-order valence-corrected chi connectivity index (χ4v) is 4.66. The van der Waals surface area contributed by atoms with Gasteiger partial charge in [0.1, 0.15) is 5.82 Å². The second-order valence-electron chi connectivity index (χ2n) is 6.23. The lowest BCUT2D eigenvalue weighted by Gasteiger charge is -2.36. The van der Waals surface area contributed by atoms with Crippen molar-refractivity contribution in [1.29, 1.82) is 0 Å². The Morgan fingerprint density at radius 3 is 2.54 bits per heavy atom. The van der Waals surface area contributed by atoms with Crippen LogP contribution in [-0.2, 0) is 10.0 Å². The highest BCUT2D eigenvalue weighted by atomic mass is 32.2. The molecule has 2 aromatic rings.